The van der Waals surface area contributed by atoms with Crippen LogP contribution in [0.4, 0.5) is 22.4 Å². The Morgan fingerprint density at radius 2 is 1.55 bits per heavy atom. The molecule has 0 amide bonds. The van der Waals surface area contributed by atoms with Gasteiger partial charge in [-0.3, -0.25) is 0 Å². The molecule has 2 aromatic rings. The Labute approximate surface area is 175 Å². The number of methoxy groups -OCH3 is 1. The largest absolute Gasteiger partial charge is 0.534 e. The van der Waals surface area contributed by atoms with Gasteiger partial charge in [-0.25, -0.2) is 9.18 Å². The summed E-state index contributed by atoms with van der Waals surface area (Å²) in [6.45, 7) is 4.65. The van der Waals surface area contributed by atoms with E-state index in [1.807, 2.05) is 0 Å². The molecule has 0 aliphatic heterocycles. The molecule has 2 aromatic carbocycles. The molecule has 2 rings (SSSR count). The number of alkyl halides is 3. The lowest BCUT2D eigenvalue weighted by atomic mass is 10.0. The van der Waals surface area contributed by atoms with E-state index in [1.165, 1.54) is 13.2 Å². The van der Waals surface area contributed by atoms with Crippen LogP contribution >= 0.6 is 0 Å². The number of carbonyl (C=O) groups excluding carboxylic acids is 1. The van der Waals surface area contributed by atoms with Crippen molar-refractivity contribution in [3.63, 3.8) is 0 Å². The molecule has 12 heteroatoms. The van der Waals surface area contributed by atoms with Crippen molar-refractivity contribution >= 4 is 16.3 Å². The summed E-state index contributed by atoms with van der Waals surface area (Å²) < 4.78 is 94.9. The normalized spacial score (nSPS) is 12.3. The monoisotopic (exact) mass is 466 g/mol. The third kappa shape index (κ3) is 6.23. The SMILES string of the molecule is COc1ccc(F)c(-c2ccc(OC(=O)OC(C)(C)C)cc2OS(=O)(=O)C(F)(F)F)c1. The minimum absolute atomic E-state index is 0.148. The van der Waals surface area contributed by atoms with Gasteiger partial charge in [-0.05, 0) is 51.1 Å². The maximum Gasteiger partial charge on any atom is 0.534 e. The molecule has 0 N–H and O–H groups in total. The van der Waals surface area contributed by atoms with Crippen LogP contribution in [0.2, 0.25) is 0 Å². The van der Waals surface area contributed by atoms with E-state index in [0.29, 0.717) is 6.07 Å². The Hall–Kier alpha value is -3.02. The highest BCUT2D eigenvalue weighted by molar-refractivity contribution is 7.88. The van der Waals surface area contributed by atoms with Crippen LogP contribution < -0.4 is 13.7 Å². The van der Waals surface area contributed by atoms with Gasteiger partial charge in [0.1, 0.15) is 22.9 Å². The van der Waals surface area contributed by atoms with E-state index in [2.05, 4.69) is 4.18 Å². The number of ether oxygens (including phenoxy) is 3. The summed E-state index contributed by atoms with van der Waals surface area (Å²) in [5, 5.41) is 0. The van der Waals surface area contributed by atoms with Crippen molar-refractivity contribution in [2.75, 3.05) is 7.11 Å². The summed E-state index contributed by atoms with van der Waals surface area (Å²) in [5.41, 5.74) is -7.35. The average Bonchev–Trinajstić information content (AvgIpc) is 2.60. The molecule has 0 atom stereocenters. The number of carbonyl (C=O) groups is 1. The lowest BCUT2D eigenvalue weighted by molar-refractivity contribution is -0.0500. The molecule has 0 aliphatic rings. The van der Waals surface area contributed by atoms with Gasteiger partial charge in [-0.1, -0.05) is 0 Å². The van der Waals surface area contributed by atoms with Crippen molar-refractivity contribution in [2.24, 2.45) is 0 Å². The molecule has 0 saturated carbocycles. The molecule has 0 unspecified atom stereocenters. The maximum atomic E-state index is 14.3. The van der Waals surface area contributed by atoms with Crippen molar-refractivity contribution in [3.05, 3.63) is 42.2 Å². The fraction of sp³-hybridized carbons (Fsp3) is 0.316. The molecule has 0 aliphatic carbocycles. The highest BCUT2D eigenvalue weighted by Gasteiger charge is 2.49. The molecule has 0 fully saturated rings. The predicted octanol–water partition coefficient (Wildman–Crippen LogP) is 5.04. The summed E-state index contributed by atoms with van der Waals surface area (Å²) in [7, 11) is -4.83. The van der Waals surface area contributed by atoms with Crippen LogP contribution in [-0.4, -0.2) is 32.8 Å². The highest BCUT2D eigenvalue weighted by atomic mass is 32.2. The third-order valence-corrected chi connectivity index (χ3v) is 4.46. The van der Waals surface area contributed by atoms with E-state index in [1.54, 1.807) is 20.8 Å². The van der Waals surface area contributed by atoms with Gasteiger partial charge in [-0.15, -0.1) is 0 Å². The Kier molecular flexibility index (Phi) is 6.74. The lowest BCUT2D eigenvalue weighted by Crippen LogP contribution is -2.28. The smallest absolute Gasteiger partial charge is 0.497 e. The molecular formula is C19H18F4O7S. The Morgan fingerprint density at radius 3 is 2.10 bits per heavy atom. The average molecular weight is 466 g/mol. The summed E-state index contributed by atoms with van der Waals surface area (Å²) in [5.74, 6) is -2.06. The first-order valence-corrected chi connectivity index (χ1v) is 9.93. The van der Waals surface area contributed by atoms with Crippen molar-refractivity contribution in [3.8, 4) is 28.4 Å². The quantitative estimate of drug-likeness (QED) is 0.200. The van der Waals surface area contributed by atoms with Gasteiger partial charge in [0.2, 0.25) is 0 Å². The van der Waals surface area contributed by atoms with Crippen LogP contribution in [0, 0.1) is 5.82 Å². The lowest BCUT2D eigenvalue weighted by Gasteiger charge is -2.19. The van der Waals surface area contributed by atoms with Crippen molar-refractivity contribution in [1.82, 2.24) is 0 Å². The molecule has 0 spiro atoms. The molecular weight excluding hydrogens is 448 g/mol. The number of halogens is 4. The summed E-state index contributed by atoms with van der Waals surface area (Å²) in [6.07, 6.45) is -1.20. The van der Waals surface area contributed by atoms with Gasteiger partial charge in [0, 0.05) is 17.2 Å². The van der Waals surface area contributed by atoms with Crippen LogP contribution in [0.1, 0.15) is 20.8 Å². The number of hydrogen-bond donors (Lipinski definition) is 0. The summed E-state index contributed by atoms with van der Waals surface area (Å²) in [4.78, 5) is 11.8. The second-order valence-corrected chi connectivity index (χ2v) is 8.59. The molecule has 0 aromatic heterocycles. The summed E-state index contributed by atoms with van der Waals surface area (Å²) >= 11 is 0. The van der Waals surface area contributed by atoms with Crippen LogP contribution in [0.15, 0.2) is 36.4 Å². The minimum atomic E-state index is -6.11. The van der Waals surface area contributed by atoms with Gasteiger partial charge in [0.05, 0.1) is 7.11 Å². The topological polar surface area (TPSA) is 88.1 Å². The van der Waals surface area contributed by atoms with Crippen LogP contribution in [0.5, 0.6) is 17.2 Å². The zero-order chi connectivity index (χ0) is 23.6. The van der Waals surface area contributed by atoms with E-state index in [0.717, 1.165) is 24.3 Å². The number of hydrogen-bond acceptors (Lipinski definition) is 7. The van der Waals surface area contributed by atoms with Crippen LogP contribution in [-0.2, 0) is 14.9 Å². The molecule has 31 heavy (non-hydrogen) atoms. The van der Waals surface area contributed by atoms with Gasteiger partial charge >= 0.3 is 21.8 Å². The van der Waals surface area contributed by atoms with E-state index < -0.39 is 44.7 Å². The molecule has 0 radical (unpaired) electrons. The van der Waals surface area contributed by atoms with Gasteiger partial charge in [-0.2, -0.15) is 21.6 Å². The molecule has 7 nitrogen and oxygen atoms in total. The van der Waals surface area contributed by atoms with Crippen molar-refractivity contribution < 1.29 is 49.2 Å². The number of benzene rings is 2. The second-order valence-electron chi connectivity index (χ2n) is 7.05. The van der Waals surface area contributed by atoms with E-state index in [4.69, 9.17) is 14.2 Å². The van der Waals surface area contributed by atoms with Crippen molar-refractivity contribution in [2.45, 2.75) is 31.9 Å². The first-order valence-electron chi connectivity index (χ1n) is 8.52. The van der Waals surface area contributed by atoms with Gasteiger partial charge < -0.3 is 18.4 Å². The van der Waals surface area contributed by atoms with Gasteiger partial charge in [0.25, 0.3) is 0 Å². The van der Waals surface area contributed by atoms with Gasteiger partial charge in [0.15, 0.2) is 5.75 Å². The molecule has 0 bridgehead atoms. The molecule has 170 valence electrons. The summed E-state index contributed by atoms with van der Waals surface area (Å²) in [6, 6.07) is 6.19. The predicted molar refractivity (Wildman–Crippen MR) is 101 cm³/mol. The minimum Gasteiger partial charge on any atom is -0.497 e. The first kappa shape index (κ1) is 24.3. The third-order valence-electron chi connectivity index (χ3n) is 3.49. The zero-order valence-corrected chi connectivity index (χ0v) is 17.6. The fourth-order valence-corrected chi connectivity index (χ4v) is 2.70. The molecule has 0 saturated heterocycles. The Bertz CT molecular complexity index is 1070. The second kappa shape index (κ2) is 8.61. The fourth-order valence-electron chi connectivity index (χ4n) is 2.23. The zero-order valence-electron chi connectivity index (χ0n) is 16.7. The Balaban J connectivity index is 2.57. The maximum absolute atomic E-state index is 14.3. The number of rotatable bonds is 5. The van der Waals surface area contributed by atoms with Crippen LogP contribution in [0.3, 0.4) is 0 Å². The first-order chi connectivity index (χ1) is 14.1. The Morgan fingerprint density at radius 1 is 0.935 bits per heavy atom. The van der Waals surface area contributed by atoms with E-state index in [-0.39, 0.29) is 16.9 Å². The van der Waals surface area contributed by atoms with Crippen molar-refractivity contribution in [1.29, 1.82) is 0 Å². The van der Waals surface area contributed by atoms with E-state index in [9.17, 15) is 30.8 Å². The standard InChI is InChI=1S/C19H18F4O7S/c1-18(2,3)29-17(24)28-12-5-7-13(14-9-11(27-4)6-8-15(14)20)16(10-12)30-31(25,26)19(21,22)23/h5-10H,1-4H3. The molecule has 0 heterocycles. The highest BCUT2D eigenvalue weighted by Crippen LogP contribution is 2.39. The van der Waals surface area contributed by atoms with E-state index >= 15 is 0 Å². The van der Waals surface area contributed by atoms with Crippen LogP contribution in [0.25, 0.3) is 11.1 Å².